The Kier molecular flexibility index (Phi) is 20.7. The van der Waals surface area contributed by atoms with Crippen LogP contribution in [0.2, 0.25) is 0 Å². The molecule has 0 atom stereocenters. The van der Waals surface area contributed by atoms with Crippen LogP contribution < -0.4 is 0 Å². The summed E-state index contributed by atoms with van der Waals surface area (Å²) in [7, 11) is -0.750. The maximum absolute atomic E-state index is 7.12. The number of hydrogen-bond donors (Lipinski definition) is 2. The van der Waals surface area contributed by atoms with E-state index in [1.54, 1.807) is 0 Å². The van der Waals surface area contributed by atoms with Gasteiger partial charge in [0.1, 0.15) is 0 Å². The molecule has 0 aromatic carbocycles. The summed E-state index contributed by atoms with van der Waals surface area (Å²) in [6, 6.07) is 0. The van der Waals surface area contributed by atoms with Crippen LogP contribution in [0.5, 0.6) is 0 Å². The van der Waals surface area contributed by atoms with E-state index in [1.807, 2.05) is 0 Å². The monoisotopic (exact) mass is 230 g/mol. The average Bonchev–Trinajstić information content (AvgIpc) is 0.918. The van der Waals surface area contributed by atoms with Gasteiger partial charge in [0.05, 0.1) is 0 Å². The van der Waals surface area contributed by atoms with Crippen LogP contribution in [0.1, 0.15) is 0 Å². The second-order valence-corrected chi connectivity index (χ2v) is 0.141. The molecule has 4 heteroatoms. The SMILES string of the molecule is OBO.[W]. The Balaban J connectivity index is 0. The minimum Gasteiger partial charge on any atom is -0.430 e. The number of hydrogen-bond acceptors (Lipinski definition) is 2. The first kappa shape index (κ1) is 8.82. The van der Waals surface area contributed by atoms with Gasteiger partial charge in [-0.05, 0) is 0 Å². The molecule has 4 heavy (non-hydrogen) atoms. The van der Waals surface area contributed by atoms with Crippen LogP contribution in [0, 0.1) is 0 Å². The van der Waals surface area contributed by atoms with Crippen molar-refractivity contribution in [2.75, 3.05) is 0 Å². The Bertz CT molecular complexity index is 6.00. The van der Waals surface area contributed by atoms with Gasteiger partial charge < -0.3 is 10.0 Å². The quantitative estimate of drug-likeness (QED) is 0.483. The van der Waals surface area contributed by atoms with E-state index in [0.717, 1.165) is 0 Å². The summed E-state index contributed by atoms with van der Waals surface area (Å²) in [5.74, 6) is 0. The second kappa shape index (κ2) is 9.38. The van der Waals surface area contributed by atoms with E-state index in [1.165, 1.54) is 0 Å². The zero-order chi connectivity index (χ0) is 2.71. The van der Waals surface area contributed by atoms with Crippen molar-refractivity contribution in [2.24, 2.45) is 0 Å². The first-order valence-electron chi connectivity index (χ1n) is 0.632. The summed E-state index contributed by atoms with van der Waals surface area (Å²) in [5, 5.41) is 14.2. The molecule has 0 saturated heterocycles. The Morgan fingerprint density at radius 2 is 1.25 bits per heavy atom. The van der Waals surface area contributed by atoms with Gasteiger partial charge in [0.15, 0.2) is 0 Å². The smallest absolute Gasteiger partial charge is 0.430 e. The zero-order valence-corrected chi connectivity index (χ0v) is 4.94. The standard InChI is InChI=1S/BH3O2.W/c2-1-3;/h1-3H;. The van der Waals surface area contributed by atoms with Gasteiger partial charge in [-0.1, -0.05) is 0 Å². The molecule has 0 aromatic heterocycles. The molecule has 0 aromatic rings. The van der Waals surface area contributed by atoms with Gasteiger partial charge in [-0.3, -0.25) is 0 Å². The van der Waals surface area contributed by atoms with Crippen molar-refractivity contribution < 1.29 is 31.1 Å². The van der Waals surface area contributed by atoms with Gasteiger partial charge in [-0.25, -0.2) is 0 Å². The van der Waals surface area contributed by atoms with Crippen molar-refractivity contribution in [2.45, 2.75) is 0 Å². The van der Waals surface area contributed by atoms with E-state index in [2.05, 4.69) is 0 Å². The van der Waals surface area contributed by atoms with Crippen LogP contribution in [0.4, 0.5) is 0 Å². The molecule has 24 valence electrons. The third-order valence-electron chi connectivity index (χ3n) is 0. The minimum atomic E-state index is -0.750. The summed E-state index contributed by atoms with van der Waals surface area (Å²) in [5.41, 5.74) is 0. The largest absolute Gasteiger partial charge is 0.432 e. The maximum Gasteiger partial charge on any atom is 0.432 e. The second-order valence-electron chi connectivity index (χ2n) is 0.141. The van der Waals surface area contributed by atoms with E-state index in [-0.39, 0.29) is 21.1 Å². The molecular formula is H3BO2W. The van der Waals surface area contributed by atoms with Crippen LogP contribution in [-0.2, 0) is 21.1 Å². The van der Waals surface area contributed by atoms with Gasteiger partial charge in [0, 0.05) is 21.1 Å². The molecule has 2 nitrogen and oxygen atoms in total. The minimum absolute atomic E-state index is 0. The zero-order valence-electron chi connectivity index (χ0n) is 2.01. The average molecular weight is 230 g/mol. The van der Waals surface area contributed by atoms with E-state index >= 15 is 0 Å². The van der Waals surface area contributed by atoms with Crippen molar-refractivity contribution in [3.63, 3.8) is 0 Å². The molecule has 0 fully saturated rings. The molecule has 0 amide bonds. The Morgan fingerprint density at radius 3 is 1.25 bits per heavy atom. The third kappa shape index (κ3) is 16.5. The van der Waals surface area contributed by atoms with E-state index in [9.17, 15) is 0 Å². The van der Waals surface area contributed by atoms with Gasteiger partial charge >= 0.3 is 7.69 Å². The van der Waals surface area contributed by atoms with Gasteiger partial charge in [-0.2, -0.15) is 0 Å². The molecule has 0 spiro atoms. The predicted octanol–water partition coefficient (Wildman–Crippen LogP) is -1.77. The fourth-order valence-electron chi connectivity index (χ4n) is 0. The molecular weight excluding hydrogens is 227 g/mol. The van der Waals surface area contributed by atoms with Crippen molar-refractivity contribution in [3.05, 3.63) is 0 Å². The Hall–Kier alpha value is 0.673. The van der Waals surface area contributed by atoms with Crippen molar-refractivity contribution in [3.8, 4) is 0 Å². The summed E-state index contributed by atoms with van der Waals surface area (Å²) in [6.07, 6.45) is 0. The molecule has 0 aliphatic heterocycles. The van der Waals surface area contributed by atoms with E-state index in [4.69, 9.17) is 10.0 Å². The van der Waals surface area contributed by atoms with Crippen molar-refractivity contribution >= 4 is 7.69 Å². The molecule has 0 saturated carbocycles. The van der Waals surface area contributed by atoms with Gasteiger partial charge in [0.2, 0.25) is 0 Å². The summed E-state index contributed by atoms with van der Waals surface area (Å²) < 4.78 is 0. The topological polar surface area (TPSA) is 40.5 Å². The molecule has 0 aliphatic carbocycles. The first-order chi connectivity index (χ1) is 1.41. The van der Waals surface area contributed by atoms with E-state index < -0.39 is 7.69 Å². The summed E-state index contributed by atoms with van der Waals surface area (Å²) >= 11 is 0. The maximum atomic E-state index is 7.12. The molecule has 0 heterocycles. The fourth-order valence-corrected chi connectivity index (χ4v) is 0. The van der Waals surface area contributed by atoms with Gasteiger partial charge in [-0.15, -0.1) is 0 Å². The summed E-state index contributed by atoms with van der Waals surface area (Å²) in [4.78, 5) is 0. The van der Waals surface area contributed by atoms with Crippen LogP contribution >= 0.6 is 0 Å². The molecule has 0 radical (unpaired) electrons. The Morgan fingerprint density at radius 1 is 1.25 bits per heavy atom. The van der Waals surface area contributed by atoms with Crippen LogP contribution in [0.3, 0.4) is 0 Å². The predicted molar refractivity (Wildman–Crippen MR) is 11.6 cm³/mol. The van der Waals surface area contributed by atoms with Crippen LogP contribution in [-0.4, -0.2) is 17.7 Å². The molecule has 0 aliphatic rings. The number of rotatable bonds is 0. The fraction of sp³-hybridized carbons (Fsp3) is 0. The molecule has 0 unspecified atom stereocenters. The Labute approximate surface area is 39.4 Å². The normalized spacial score (nSPS) is 3.50. The van der Waals surface area contributed by atoms with E-state index in [0.29, 0.717) is 0 Å². The summed E-state index contributed by atoms with van der Waals surface area (Å²) in [6.45, 7) is 0. The van der Waals surface area contributed by atoms with Crippen LogP contribution in [0.15, 0.2) is 0 Å². The first-order valence-corrected chi connectivity index (χ1v) is 0.632. The molecule has 2 N–H and O–H groups in total. The van der Waals surface area contributed by atoms with Crippen molar-refractivity contribution in [1.82, 2.24) is 0 Å². The van der Waals surface area contributed by atoms with Crippen molar-refractivity contribution in [1.29, 1.82) is 0 Å². The third-order valence-corrected chi connectivity index (χ3v) is 0. The molecule has 0 bridgehead atoms. The van der Waals surface area contributed by atoms with Crippen LogP contribution in [0.25, 0.3) is 0 Å². The molecule has 0 rings (SSSR count). The van der Waals surface area contributed by atoms with Gasteiger partial charge in [0.25, 0.3) is 0 Å².